The van der Waals surface area contributed by atoms with E-state index in [0.717, 1.165) is 44.5 Å². The van der Waals surface area contributed by atoms with Gasteiger partial charge in [0.15, 0.2) is 5.78 Å². The van der Waals surface area contributed by atoms with Crippen molar-refractivity contribution in [1.82, 2.24) is 5.32 Å². The van der Waals surface area contributed by atoms with Gasteiger partial charge in [-0.05, 0) is 61.9 Å². The SMILES string of the molecule is CC1CCN(c2ccc3c(c2)S(=O)(=O)c2cccc(C(=O)NC[C@@H]4CCCO4)c2C3=O)CC1. The molecular formula is C25H28N2O5S. The van der Waals surface area contributed by atoms with Gasteiger partial charge in [0, 0.05) is 37.5 Å². The topological polar surface area (TPSA) is 92.8 Å². The second kappa shape index (κ2) is 8.57. The summed E-state index contributed by atoms with van der Waals surface area (Å²) in [5.74, 6) is -0.245. The molecule has 33 heavy (non-hydrogen) atoms. The molecule has 0 spiro atoms. The van der Waals surface area contributed by atoms with Gasteiger partial charge in [0.05, 0.1) is 27.0 Å². The summed E-state index contributed by atoms with van der Waals surface area (Å²) < 4.78 is 32.6. The summed E-state index contributed by atoms with van der Waals surface area (Å²) in [6, 6.07) is 9.46. The third-order valence-electron chi connectivity index (χ3n) is 6.95. The molecule has 2 saturated heterocycles. The summed E-state index contributed by atoms with van der Waals surface area (Å²) in [6.07, 6.45) is 3.87. The highest BCUT2D eigenvalue weighted by molar-refractivity contribution is 7.91. The number of nitrogens with one attached hydrogen (secondary N) is 1. The molecular weight excluding hydrogens is 440 g/mol. The highest BCUT2D eigenvalue weighted by Gasteiger charge is 2.38. The van der Waals surface area contributed by atoms with Crippen molar-refractivity contribution in [2.75, 3.05) is 31.1 Å². The van der Waals surface area contributed by atoms with Crippen molar-refractivity contribution in [2.24, 2.45) is 5.92 Å². The molecule has 1 amide bonds. The van der Waals surface area contributed by atoms with Gasteiger partial charge in [0.1, 0.15) is 0 Å². The van der Waals surface area contributed by atoms with Crippen LogP contribution in [0.4, 0.5) is 5.69 Å². The van der Waals surface area contributed by atoms with Crippen LogP contribution < -0.4 is 10.2 Å². The molecule has 0 radical (unpaired) electrons. The Kier molecular flexibility index (Phi) is 5.74. The maximum atomic E-state index is 13.5. The van der Waals surface area contributed by atoms with Gasteiger partial charge in [-0.15, -0.1) is 0 Å². The number of fused-ring (bicyclic) bond motifs is 2. The van der Waals surface area contributed by atoms with Crippen molar-refractivity contribution in [2.45, 2.75) is 48.5 Å². The van der Waals surface area contributed by atoms with Crippen molar-refractivity contribution in [3.63, 3.8) is 0 Å². The van der Waals surface area contributed by atoms with Crippen LogP contribution in [0.3, 0.4) is 0 Å². The number of ketones is 1. The van der Waals surface area contributed by atoms with E-state index >= 15 is 0 Å². The van der Waals surface area contributed by atoms with Crippen LogP contribution >= 0.6 is 0 Å². The molecule has 0 aromatic heterocycles. The number of amides is 1. The van der Waals surface area contributed by atoms with Gasteiger partial charge in [0.2, 0.25) is 9.84 Å². The minimum Gasteiger partial charge on any atom is -0.376 e. The fourth-order valence-corrected chi connectivity index (χ4v) is 6.62. The minimum atomic E-state index is -3.95. The van der Waals surface area contributed by atoms with E-state index in [0.29, 0.717) is 19.1 Å². The number of benzene rings is 2. The molecule has 1 atom stereocenters. The maximum Gasteiger partial charge on any atom is 0.252 e. The molecule has 0 saturated carbocycles. The Hall–Kier alpha value is -2.71. The first-order chi connectivity index (χ1) is 15.9. The lowest BCUT2D eigenvalue weighted by atomic mass is 9.96. The third kappa shape index (κ3) is 3.95. The minimum absolute atomic E-state index is 0.0213. The Morgan fingerprint density at radius 2 is 1.91 bits per heavy atom. The highest BCUT2D eigenvalue weighted by Crippen LogP contribution is 2.38. The van der Waals surface area contributed by atoms with Gasteiger partial charge in [-0.2, -0.15) is 0 Å². The lowest BCUT2D eigenvalue weighted by Crippen LogP contribution is -2.34. The standard InChI is InChI=1S/C25H28N2O5S/c1-16-9-11-27(12-10-16)17-7-8-19-22(14-17)33(30,31)21-6-2-5-20(23(21)24(19)28)25(29)26-15-18-4-3-13-32-18/h2,5-8,14,16,18H,3-4,9-13,15H2,1H3,(H,26,29)/t18-/m0/s1. The van der Waals surface area contributed by atoms with Crippen LogP contribution in [0.15, 0.2) is 46.2 Å². The predicted molar refractivity (Wildman–Crippen MR) is 124 cm³/mol. The van der Waals surface area contributed by atoms with Gasteiger partial charge in [-0.25, -0.2) is 8.42 Å². The number of sulfone groups is 1. The molecule has 3 aliphatic heterocycles. The second-order valence-electron chi connectivity index (χ2n) is 9.21. The Labute approximate surface area is 194 Å². The molecule has 1 N–H and O–H groups in total. The zero-order valence-corrected chi connectivity index (χ0v) is 19.5. The molecule has 2 fully saturated rings. The lowest BCUT2D eigenvalue weighted by Gasteiger charge is -2.33. The van der Waals surface area contributed by atoms with E-state index in [9.17, 15) is 18.0 Å². The van der Waals surface area contributed by atoms with E-state index < -0.39 is 21.5 Å². The molecule has 7 nitrogen and oxygen atoms in total. The van der Waals surface area contributed by atoms with Crippen molar-refractivity contribution < 1.29 is 22.7 Å². The van der Waals surface area contributed by atoms with Crippen LogP contribution in [0.1, 0.15) is 58.9 Å². The number of anilines is 1. The number of hydrogen-bond acceptors (Lipinski definition) is 6. The van der Waals surface area contributed by atoms with Gasteiger partial charge in [0.25, 0.3) is 5.91 Å². The fraction of sp³-hybridized carbons (Fsp3) is 0.440. The van der Waals surface area contributed by atoms with Crippen molar-refractivity contribution in [3.8, 4) is 0 Å². The van der Waals surface area contributed by atoms with Crippen LogP contribution in [-0.2, 0) is 14.6 Å². The quantitative estimate of drug-likeness (QED) is 0.632. The van der Waals surface area contributed by atoms with Crippen molar-refractivity contribution in [3.05, 3.63) is 53.1 Å². The molecule has 174 valence electrons. The highest BCUT2D eigenvalue weighted by atomic mass is 32.2. The van der Waals surface area contributed by atoms with Crippen LogP contribution in [0, 0.1) is 5.92 Å². The van der Waals surface area contributed by atoms with Crippen LogP contribution in [0.25, 0.3) is 0 Å². The molecule has 3 heterocycles. The van der Waals surface area contributed by atoms with E-state index in [1.54, 1.807) is 12.1 Å². The van der Waals surface area contributed by atoms with Crippen molar-refractivity contribution in [1.29, 1.82) is 0 Å². The summed E-state index contributed by atoms with van der Waals surface area (Å²) >= 11 is 0. The van der Waals surface area contributed by atoms with Crippen LogP contribution in [0.5, 0.6) is 0 Å². The fourth-order valence-electron chi connectivity index (χ4n) is 4.92. The van der Waals surface area contributed by atoms with E-state index in [1.807, 2.05) is 6.07 Å². The number of piperidine rings is 1. The van der Waals surface area contributed by atoms with Gasteiger partial charge >= 0.3 is 0 Å². The lowest BCUT2D eigenvalue weighted by molar-refractivity contribution is 0.0853. The normalized spacial score (nSPS) is 22.0. The van der Waals surface area contributed by atoms with Gasteiger partial charge in [-0.1, -0.05) is 13.0 Å². The first kappa shape index (κ1) is 22.1. The molecule has 2 aromatic rings. The van der Waals surface area contributed by atoms with E-state index in [1.165, 1.54) is 18.2 Å². The molecule has 8 heteroatoms. The second-order valence-corrected chi connectivity index (χ2v) is 11.1. The van der Waals surface area contributed by atoms with Gasteiger partial charge < -0.3 is 15.0 Å². The Morgan fingerprint density at radius 3 is 2.64 bits per heavy atom. The van der Waals surface area contributed by atoms with E-state index in [2.05, 4.69) is 17.1 Å². The summed E-state index contributed by atoms with van der Waals surface area (Å²) in [4.78, 5) is 28.4. The monoisotopic (exact) mass is 468 g/mol. The van der Waals surface area contributed by atoms with Crippen molar-refractivity contribution >= 4 is 27.2 Å². The maximum absolute atomic E-state index is 13.5. The average Bonchev–Trinajstić information content (AvgIpc) is 3.35. The average molecular weight is 469 g/mol. The number of ether oxygens (including phenoxy) is 1. The van der Waals surface area contributed by atoms with E-state index in [-0.39, 0.29) is 32.6 Å². The summed E-state index contributed by atoms with van der Waals surface area (Å²) in [5, 5.41) is 2.80. The zero-order valence-electron chi connectivity index (χ0n) is 18.7. The molecule has 0 aliphatic carbocycles. The smallest absolute Gasteiger partial charge is 0.252 e. The number of nitrogens with zero attached hydrogens (tertiary/aromatic N) is 1. The van der Waals surface area contributed by atoms with Crippen LogP contribution in [0.2, 0.25) is 0 Å². The third-order valence-corrected chi connectivity index (χ3v) is 8.79. The molecule has 5 rings (SSSR count). The first-order valence-electron chi connectivity index (χ1n) is 11.6. The summed E-state index contributed by atoms with van der Waals surface area (Å²) in [5.41, 5.74) is 0.968. The Morgan fingerprint density at radius 1 is 1.12 bits per heavy atom. The number of carbonyl (C=O) groups excluding carboxylic acids is 2. The molecule has 0 bridgehead atoms. The Bertz CT molecular complexity index is 1210. The molecule has 3 aliphatic rings. The molecule has 2 aromatic carbocycles. The van der Waals surface area contributed by atoms with E-state index in [4.69, 9.17) is 4.74 Å². The largest absolute Gasteiger partial charge is 0.376 e. The first-order valence-corrected chi connectivity index (χ1v) is 13.1. The number of rotatable bonds is 4. The number of hydrogen-bond donors (Lipinski definition) is 1. The summed E-state index contributed by atoms with van der Waals surface area (Å²) in [6.45, 7) is 4.95. The predicted octanol–water partition coefficient (Wildman–Crippen LogP) is 3.21. The molecule has 0 unspecified atom stereocenters. The number of carbonyl (C=O) groups is 2. The zero-order chi connectivity index (χ0) is 23.2. The Balaban J connectivity index is 1.49. The summed E-state index contributed by atoms with van der Waals surface area (Å²) in [7, 11) is -3.95. The van der Waals surface area contributed by atoms with Gasteiger partial charge in [-0.3, -0.25) is 9.59 Å². The van der Waals surface area contributed by atoms with Crippen LogP contribution in [-0.4, -0.2) is 52.5 Å².